The van der Waals surface area contributed by atoms with Crippen LogP contribution in [-0.2, 0) is 19.6 Å². The number of hydrogen-bond donors (Lipinski definition) is 1. The number of hydrogen-bond acceptors (Lipinski definition) is 8. The van der Waals surface area contributed by atoms with E-state index >= 15 is 0 Å². The number of rotatable bonds is 3. The van der Waals surface area contributed by atoms with Gasteiger partial charge in [-0.15, -0.1) is 0 Å². The lowest BCUT2D eigenvalue weighted by Crippen LogP contribution is -2.64. The molecule has 1 amide bonds. The summed E-state index contributed by atoms with van der Waals surface area (Å²) in [6.07, 6.45) is 1.46. The fourth-order valence-electron chi connectivity index (χ4n) is 2.38. The fraction of sp³-hybridized carbons (Fsp3) is 0.308. The van der Waals surface area contributed by atoms with Gasteiger partial charge in [0.15, 0.2) is 17.4 Å². The molecule has 1 aromatic rings. The summed E-state index contributed by atoms with van der Waals surface area (Å²) in [5.41, 5.74) is 0.688. The van der Waals surface area contributed by atoms with Gasteiger partial charge in [-0.05, 0) is 17.7 Å². The van der Waals surface area contributed by atoms with E-state index in [4.69, 9.17) is 14.2 Å². The van der Waals surface area contributed by atoms with Gasteiger partial charge in [-0.3, -0.25) is 10.1 Å². The van der Waals surface area contributed by atoms with Crippen molar-refractivity contribution in [1.82, 2.24) is 5.32 Å². The zero-order valence-electron chi connectivity index (χ0n) is 12.1. The zero-order valence-corrected chi connectivity index (χ0v) is 12.8. The summed E-state index contributed by atoms with van der Waals surface area (Å²) < 4.78 is 53.5. The maximum atomic E-state index is 11.2. The molecule has 1 N–H and O–H groups in total. The highest BCUT2D eigenvalue weighted by Gasteiger charge is 2.50. The molecule has 0 bridgehead atoms. The van der Waals surface area contributed by atoms with Crippen LogP contribution in [0, 0.1) is 10.2 Å². The second-order valence-electron chi connectivity index (χ2n) is 4.99. The third-order valence-corrected chi connectivity index (χ3v) is 3.65. The Labute approximate surface area is 132 Å². The minimum Gasteiger partial charge on any atom is -0.454 e. The first-order valence-electron chi connectivity index (χ1n) is 6.40. The molecule has 0 fully saturated rings. The van der Waals surface area contributed by atoms with Crippen LogP contribution in [0.15, 0.2) is 18.0 Å². The van der Waals surface area contributed by atoms with Crippen molar-refractivity contribution in [1.29, 1.82) is 0 Å². The number of benzene rings is 1. The average molecular weight is 346 g/mol. The average Bonchev–Trinajstić information content (AvgIpc) is 2.80. The van der Waals surface area contributed by atoms with Crippen LogP contribution < -0.4 is 28.8 Å². The second kappa shape index (κ2) is 5.25. The molecule has 1 atom stereocenters. The Morgan fingerprint density at radius 2 is 1.96 bits per heavy atom. The van der Waals surface area contributed by atoms with Crippen LogP contribution in [-0.4, -0.2) is 12.7 Å². The van der Waals surface area contributed by atoms with E-state index in [2.05, 4.69) is 9.61 Å². The molecule has 1 unspecified atom stereocenters. The molecule has 0 spiro atoms. The van der Waals surface area contributed by atoms with Crippen molar-refractivity contribution < 1.29 is 47.5 Å². The van der Waals surface area contributed by atoms with E-state index in [1.165, 1.54) is 26.0 Å². The van der Waals surface area contributed by atoms with Crippen molar-refractivity contribution in [2.24, 2.45) is 0 Å². The quantitative estimate of drug-likeness (QED) is 0.662. The Hall–Kier alpha value is -2.04. The molecule has 2 aliphatic heterocycles. The van der Waals surface area contributed by atoms with Crippen LogP contribution in [0.4, 0.5) is 0 Å². The lowest BCUT2D eigenvalue weighted by Gasteiger charge is -2.32. The third kappa shape index (κ3) is 3.19. The lowest BCUT2D eigenvalue weighted by atomic mass is 9.97. The highest BCUT2D eigenvalue weighted by molar-refractivity contribution is 5.77. The van der Waals surface area contributed by atoms with E-state index in [1.807, 2.05) is 0 Å². The number of carbonyl (C=O) groups excluding carboxylic acids is 1. The van der Waals surface area contributed by atoms with Gasteiger partial charge >= 0.3 is 5.79 Å². The van der Waals surface area contributed by atoms with Crippen molar-refractivity contribution in [2.75, 3.05) is 6.79 Å². The van der Waals surface area contributed by atoms with Gasteiger partial charge < -0.3 is 14.2 Å². The maximum Gasteiger partial charge on any atom is 0.387 e. The van der Waals surface area contributed by atoms with Gasteiger partial charge in [0, 0.05) is 19.9 Å². The number of nitrogens with one attached hydrogen (secondary N) is 1. The normalized spacial score (nSPS) is 22.0. The summed E-state index contributed by atoms with van der Waals surface area (Å²) in [5, 5.41) is 2.38. The lowest BCUT2D eigenvalue weighted by molar-refractivity contribution is -1.92. The SMILES string of the molecule is CC(=O)NC1=Cc2cc3c(cc2C(C)(O[Cl+3]([O-])([O-])[O-])O1)OCO3. The molecule has 10 heteroatoms. The molecule has 0 saturated heterocycles. The summed E-state index contributed by atoms with van der Waals surface area (Å²) in [4.78, 5) is 11.2. The minimum atomic E-state index is -4.78. The van der Waals surface area contributed by atoms with Crippen LogP contribution >= 0.6 is 0 Å². The molecule has 0 aromatic heterocycles. The molecule has 2 heterocycles. The molecule has 124 valence electrons. The fourth-order valence-corrected chi connectivity index (χ4v) is 2.85. The standard InChI is InChI=1S/C13H12ClNO8/c1-7(16)15-12-4-8-3-10-11(21-6-20-10)5-9(8)13(2,22-12)23-14(17,18)19/h3-5H,6H2,1-2H3,(H,15,16). The number of fused-ring (bicyclic) bond motifs is 2. The van der Waals surface area contributed by atoms with Gasteiger partial charge in [0.2, 0.25) is 12.7 Å². The van der Waals surface area contributed by atoms with E-state index < -0.39 is 21.9 Å². The Balaban J connectivity index is 2.09. The third-order valence-electron chi connectivity index (χ3n) is 3.17. The summed E-state index contributed by atoms with van der Waals surface area (Å²) in [6, 6.07) is 3.03. The van der Waals surface area contributed by atoms with Crippen LogP contribution in [0.25, 0.3) is 6.08 Å². The predicted molar refractivity (Wildman–Crippen MR) is 63.9 cm³/mol. The van der Waals surface area contributed by atoms with Crippen LogP contribution in [0.2, 0.25) is 0 Å². The molecule has 2 aliphatic rings. The molecular weight excluding hydrogens is 334 g/mol. The molecule has 9 nitrogen and oxygen atoms in total. The van der Waals surface area contributed by atoms with Gasteiger partial charge in [-0.1, -0.05) is 0 Å². The van der Waals surface area contributed by atoms with Gasteiger partial charge in [-0.2, -0.15) is 14.0 Å². The largest absolute Gasteiger partial charge is 0.454 e. The van der Waals surface area contributed by atoms with E-state index in [1.54, 1.807) is 6.07 Å². The summed E-state index contributed by atoms with van der Waals surface area (Å²) >= 11 is 0. The van der Waals surface area contributed by atoms with E-state index in [9.17, 15) is 18.8 Å². The van der Waals surface area contributed by atoms with Gasteiger partial charge in [0.05, 0.1) is 15.8 Å². The molecule has 0 aliphatic carbocycles. The first-order valence-corrected chi connectivity index (χ1v) is 7.64. The van der Waals surface area contributed by atoms with Crippen molar-refractivity contribution in [3.8, 4) is 11.5 Å². The molecule has 23 heavy (non-hydrogen) atoms. The van der Waals surface area contributed by atoms with Gasteiger partial charge in [0.1, 0.15) is 4.29 Å². The summed E-state index contributed by atoms with van der Waals surface area (Å²) in [7, 11) is -4.78. The topological polar surface area (TPSA) is 135 Å². The molecule has 0 radical (unpaired) electrons. The van der Waals surface area contributed by atoms with Crippen molar-refractivity contribution >= 4 is 12.0 Å². The van der Waals surface area contributed by atoms with E-state index in [0.29, 0.717) is 17.1 Å². The van der Waals surface area contributed by atoms with Crippen LogP contribution in [0.1, 0.15) is 25.0 Å². The van der Waals surface area contributed by atoms with Crippen molar-refractivity contribution in [3.63, 3.8) is 0 Å². The van der Waals surface area contributed by atoms with Gasteiger partial charge in [0.25, 0.3) is 0 Å². The predicted octanol–water partition coefficient (Wildman–Crippen LogP) is -2.03. The monoisotopic (exact) mass is 345 g/mol. The Bertz CT molecular complexity index is 698. The number of ether oxygens (including phenoxy) is 3. The van der Waals surface area contributed by atoms with Gasteiger partial charge in [-0.25, -0.2) is 0 Å². The molecule has 3 rings (SSSR count). The first kappa shape index (κ1) is 15.8. The second-order valence-corrected chi connectivity index (χ2v) is 5.90. The van der Waals surface area contributed by atoms with Crippen LogP contribution in [0.5, 0.6) is 11.5 Å². The number of halogens is 1. The van der Waals surface area contributed by atoms with Crippen molar-refractivity contribution in [2.45, 2.75) is 19.6 Å². The highest BCUT2D eigenvalue weighted by Crippen LogP contribution is 2.44. The van der Waals surface area contributed by atoms with Crippen LogP contribution in [0.3, 0.4) is 0 Å². The summed E-state index contributed by atoms with van der Waals surface area (Å²) in [5.74, 6) is -1.67. The highest BCUT2D eigenvalue weighted by atomic mass is 35.7. The zero-order chi connectivity index (χ0) is 16.8. The number of amides is 1. The first-order chi connectivity index (χ1) is 10.7. The summed E-state index contributed by atoms with van der Waals surface area (Å²) in [6.45, 7) is 2.50. The van der Waals surface area contributed by atoms with E-state index in [0.717, 1.165) is 0 Å². The molecule has 1 aromatic carbocycles. The smallest absolute Gasteiger partial charge is 0.387 e. The number of carbonyl (C=O) groups is 1. The minimum absolute atomic E-state index is 0.0109. The Morgan fingerprint density at radius 3 is 2.57 bits per heavy atom. The Kier molecular flexibility index (Phi) is 3.62. The maximum absolute atomic E-state index is 11.2. The Morgan fingerprint density at radius 1 is 1.30 bits per heavy atom. The van der Waals surface area contributed by atoms with E-state index in [-0.39, 0.29) is 18.2 Å². The van der Waals surface area contributed by atoms with Crippen molar-refractivity contribution in [3.05, 3.63) is 29.1 Å². The molecule has 0 saturated carbocycles. The molecular formula is C13H12ClNO8.